The Bertz CT molecular complexity index is 2770. The van der Waals surface area contributed by atoms with Crippen molar-refractivity contribution < 1.29 is 4.42 Å². The second kappa shape index (κ2) is 9.88. The molecule has 0 bridgehead atoms. The van der Waals surface area contributed by atoms with Crippen LogP contribution in [0.5, 0.6) is 0 Å². The molecule has 3 aromatic heterocycles. The maximum absolute atomic E-state index is 6.49. The molecule has 48 heavy (non-hydrogen) atoms. The van der Waals surface area contributed by atoms with E-state index in [1.54, 1.807) is 0 Å². The van der Waals surface area contributed by atoms with Crippen LogP contribution in [0, 0.1) is 0 Å². The van der Waals surface area contributed by atoms with Gasteiger partial charge in [-0.25, -0.2) is 4.98 Å². The minimum absolute atomic E-state index is 0.655. The summed E-state index contributed by atoms with van der Waals surface area (Å²) in [5, 5.41) is 7.57. The SMILES string of the molecule is c1ccc(-c2nc3c(o2)-c2cccc4c(N(c5ccc6c(c5)sc5ccccc56)c5ccc6c(c5)sc5ccccc56)ccc-3c24)cc1. The lowest BCUT2D eigenvalue weighted by Gasteiger charge is -2.27. The van der Waals surface area contributed by atoms with Crippen molar-refractivity contribution in [2.45, 2.75) is 0 Å². The van der Waals surface area contributed by atoms with Gasteiger partial charge in [-0.1, -0.05) is 84.9 Å². The van der Waals surface area contributed by atoms with E-state index in [-0.39, 0.29) is 0 Å². The first-order chi connectivity index (χ1) is 23.8. The molecule has 0 spiro atoms. The zero-order valence-electron chi connectivity index (χ0n) is 25.5. The third-order valence-corrected chi connectivity index (χ3v) is 11.9. The van der Waals surface area contributed by atoms with E-state index in [1.165, 1.54) is 51.1 Å². The van der Waals surface area contributed by atoms with Crippen molar-refractivity contribution in [2.75, 3.05) is 4.90 Å². The van der Waals surface area contributed by atoms with Gasteiger partial charge in [0.25, 0.3) is 0 Å². The fourth-order valence-electron chi connectivity index (χ4n) is 7.50. The van der Waals surface area contributed by atoms with E-state index in [0.717, 1.165) is 45.2 Å². The zero-order chi connectivity index (χ0) is 31.3. The van der Waals surface area contributed by atoms with Gasteiger partial charge >= 0.3 is 0 Å². The molecule has 7 aromatic carbocycles. The first kappa shape index (κ1) is 26.3. The lowest BCUT2D eigenvalue weighted by molar-refractivity contribution is 0.590. The van der Waals surface area contributed by atoms with E-state index < -0.39 is 0 Å². The van der Waals surface area contributed by atoms with Crippen LogP contribution in [0.25, 0.3) is 85.2 Å². The average Bonchev–Trinajstić information content (AvgIpc) is 3.90. The summed E-state index contributed by atoms with van der Waals surface area (Å²) in [5.41, 5.74) is 7.50. The number of rotatable bonds is 4. The maximum Gasteiger partial charge on any atom is 0.227 e. The molecule has 1 aliphatic rings. The lowest BCUT2D eigenvalue weighted by atomic mass is 10.0. The molecule has 0 atom stereocenters. The van der Waals surface area contributed by atoms with Gasteiger partial charge in [-0.2, -0.15) is 0 Å². The zero-order valence-corrected chi connectivity index (χ0v) is 27.1. The van der Waals surface area contributed by atoms with Gasteiger partial charge in [0.15, 0.2) is 5.76 Å². The Morgan fingerprint density at radius 3 is 1.77 bits per heavy atom. The van der Waals surface area contributed by atoms with Crippen LogP contribution in [0.4, 0.5) is 17.1 Å². The molecule has 0 amide bonds. The number of hydrogen-bond donors (Lipinski definition) is 0. The normalized spacial score (nSPS) is 12.2. The number of fused-ring (bicyclic) bond motifs is 9. The molecule has 5 heteroatoms. The number of thiophene rings is 2. The Morgan fingerprint density at radius 2 is 1.08 bits per heavy atom. The van der Waals surface area contributed by atoms with Crippen molar-refractivity contribution in [2.24, 2.45) is 0 Å². The lowest BCUT2D eigenvalue weighted by Crippen LogP contribution is -2.10. The van der Waals surface area contributed by atoms with Gasteiger partial charge in [-0.15, -0.1) is 22.7 Å². The van der Waals surface area contributed by atoms with Crippen LogP contribution in [0.15, 0.2) is 150 Å². The first-order valence-electron chi connectivity index (χ1n) is 16.0. The first-order valence-corrected chi connectivity index (χ1v) is 17.7. The molecule has 0 N–H and O–H groups in total. The summed E-state index contributed by atoms with van der Waals surface area (Å²) in [6.45, 7) is 0. The van der Waals surface area contributed by atoms with Crippen molar-refractivity contribution in [3.63, 3.8) is 0 Å². The van der Waals surface area contributed by atoms with Gasteiger partial charge in [0.2, 0.25) is 5.89 Å². The van der Waals surface area contributed by atoms with Crippen molar-refractivity contribution in [1.29, 1.82) is 0 Å². The number of aromatic nitrogens is 1. The second-order valence-electron chi connectivity index (χ2n) is 12.3. The minimum Gasteiger partial charge on any atom is -0.435 e. The second-order valence-corrected chi connectivity index (χ2v) is 14.5. The van der Waals surface area contributed by atoms with E-state index in [2.05, 4.69) is 120 Å². The van der Waals surface area contributed by atoms with Crippen LogP contribution >= 0.6 is 22.7 Å². The van der Waals surface area contributed by atoms with Crippen LogP contribution in [0.2, 0.25) is 0 Å². The highest BCUT2D eigenvalue weighted by Gasteiger charge is 2.30. The maximum atomic E-state index is 6.49. The van der Waals surface area contributed by atoms with Gasteiger partial charge in [0.05, 0.1) is 5.69 Å². The molecule has 0 unspecified atom stereocenters. The van der Waals surface area contributed by atoms with E-state index in [0.29, 0.717) is 5.89 Å². The van der Waals surface area contributed by atoms with Crippen molar-refractivity contribution in [3.8, 4) is 34.0 Å². The number of oxazole rings is 1. The molecule has 0 saturated carbocycles. The van der Waals surface area contributed by atoms with Crippen LogP contribution in [0.1, 0.15) is 0 Å². The van der Waals surface area contributed by atoms with E-state index in [9.17, 15) is 0 Å². The number of anilines is 3. The molecule has 0 fully saturated rings. The van der Waals surface area contributed by atoms with Crippen LogP contribution in [0.3, 0.4) is 0 Å². The van der Waals surface area contributed by atoms with E-state index >= 15 is 0 Å². The molecular weight excluding hydrogens is 625 g/mol. The van der Waals surface area contributed by atoms with Crippen molar-refractivity contribution >= 4 is 90.9 Å². The molecule has 3 heterocycles. The Morgan fingerprint density at radius 1 is 0.479 bits per heavy atom. The predicted molar refractivity (Wildman–Crippen MR) is 204 cm³/mol. The largest absolute Gasteiger partial charge is 0.435 e. The Hall–Kier alpha value is -5.75. The molecule has 11 rings (SSSR count). The van der Waals surface area contributed by atoms with E-state index in [4.69, 9.17) is 9.40 Å². The summed E-state index contributed by atoms with van der Waals surface area (Å²) >= 11 is 3.71. The molecule has 224 valence electrons. The fraction of sp³-hybridized carbons (Fsp3) is 0. The monoisotopic (exact) mass is 648 g/mol. The number of benzene rings is 7. The van der Waals surface area contributed by atoms with Crippen molar-refractivity contribution in [1.82, 2.24) is 4.98 Å². The molecule has 10 aromatic rings. The van der Waals surface area contributed by atoms with Gasteiger partial charge in [-0.05, 0) is 60.7 Å². The molecule has 1 aliphatic carbocycles. The molecule has 0 saturated heterocycles. The third kappa shape index (κ3) is 3.71. The summed E-state index contributed by atoms with van der Waals surface area (Å²) in [7, 11) is 0. The average molecular weight is 649 g/mol. The molecule has 3 nitrogen and oxygen atoms in total. The fourth-order valence-corrected chi connectivity index (χ4v) is 9.78. The topological polar surface area (TPSA) is 29.3 Å². The quantitative estimate of drug-likeness (QED) is 0.190. The highest BCUT2D eigenvalue weighted by atomic mass is 32.1. The molecular formula is C43H24N2OS2. The minimum atomic E-state index is 0.655. The van der Waals surface area contributed by atoms with Crippen LogP contribution in [-0.4, -0.2) is 4.98 Å². The summed E-state index contributed by atoms with van der Waals surface area (Å²) in [4.78, 5) is 7.45. The molecule has 0 radical (unpaired) electrons. The third-order valence-electron chi connectivity index (χ3n) is 9.65. The highest BCUT2D eigenvalue weighted by molar-refractivity contribution is 7.26. The van der Waals surface area contributed by atoms with Gasteiger partial charge in [0.1, 0.15) is 5.69 Å². The Labute approximate surface area is 283 Å². The smallest absolute Gasteiger partial charge is 0.227 e. The van der Waals surface area contributed by atoms with Crippen LogP contribution < -0.4 is 4.90 Å². The predicted octanol–water partition coefficient (Wildman–Crippen LogP) is 13.3. The van der Waals surface area contributed by atoms with Crippen molar-refractivity contribution in [3.05, 3.63) is 146 Å². The van der Waals surface area contributed by atoms with E-state index in [1.807, 2.05) is 53.0 Å². The summed E-state index contributed by atoms with van der Waals surface area (Å²) in [6, 6.07) is 52.4. The summed E-state index contributed by atoms with van der Waals surface area (Å²) in [6.07, 6.45) is 0. The highest BCUT2D eigenvalue weighted by Crippen LogP contribution is 2.52. The molecule has 0 aliphatic heterocycles. The number of hydrogen-bond acceptors (Lipinski definition) is 5. The van der Waals surface area contributed by atoms with Gasteiger partial charge < -0.3 is 9.32 Å². The summed E-state index contributed by atoms with van der Waals surface area (Å²) < 4.78 is 11.7. The van der Waals surface area contributed by atoms with Gasteiger partial charge in [0, 0.05) is 79.2 Å². The Balaban J connectivity index is 1.14. The van der Waals surface area contributed by atoms with Crippen LogP contribution in [-0.2, 0) is 0 Å². The summed E-state index contributed by atoms with van der Waals surface area (Å²) in [5.74, 6) is 1.50. The Kier molecular flexibility index (Phi) is 5.42. The standard InChI is InChI=1S/C43H24N2OS2/c1-2-9-25(10-3-1)43-44-41-33-21-22-35(32-13-8-14-34(40(32)33)42(41)46-43)45(26-17-19-30-28-11-4-6-15-36(28)47-38(30)23-26)27-18-20-31-29-12-5-7-16-37(29)48-39(31)24-27/h1-24H. The number of nitrogens with zero attached hydrogens (tertiary/aromatic N) is 2. The van der Waals surface area contributed by atoms with Gasteiger partial charge in [-0.3, -0.25) is 0 Å².